The van der Waals surface area contributed by atoms with Crippen LogP contribution in [-0.2, 0) is 9.59 Å². The van der Waals surface area contributed by atoms with E-state index < -0.39 is 5.82 Å². The number of nitrogens with zero attached hydrogens (tertiary/aromatic N) is 1. The number of anilines is 2. The molecular weight excluding hydrogens is 327 g/mol. The molecule has 1 N–H and O–H groups in total. The second-order valence-electron chi connectivity index (χ2n) is 5.58. The summed E-state index contributed by atoms with van der Waals surface area (Å²) in [5, 5.41) is 2.56. The van der Waals surface area contributed by atoms with Crippen LogP contribution in [0.15, 0.2) is 47.4 Å². The van der Waals surface area contributed by atoms with Crippen LogP contribution in [0.3, 0.4) is 0 Å². The number of rotatable bonds is 4. The van der Waals surface area contributed by atoms with Gasteiger partial charge in [0.25, 0.3) is 0 Å². The van der Waals surface area contributed by atoms with E-state index in [4.69, 9.17) is 0 Å². The smallest absolute Gasteiger partial charge is 0.237 e. The minimum Gasteiger partial charge on any atom is -0.324 e. The molecule has 24 heavy (non-hydrogen) atoms. The van der Waals surface area contributed by atoms with Gasteiger partial charge in [-0.25, -0.2) is 4.39 Å². The predicted molar refractivity (Wildman–Crippen MR) is 93.9 cm³/mol. The monoisotopic (exact) mass is 344 g/mol. The highest BCUT2D eigenvalue weighted by Gasteiger charge is 2.24. The fourth-order valence-corrected chi connectivity index (χ4v) is 3.48. The fourth-order valence-electron chi connectivity index (χ4n) is 2.55. The van der Waals surface area contributed by atoms with Gasteiger partial charge in [-0.15, -0.1) is 11.8 Å². The number of hydrogen-bond acceptors (Lipinski definition) is 3. The van der Waals surface area contributed by atoms with Crippen LogP contribution in [0.1, 0.15) is 12.0 Å². The van der Waals surface area contributed by atoms with Crippen molar-refractivity contribution in [1.29, 1.82) is 0 Å². The molecule has 6 heteroatoms. The summed E-state index contributed by atoms with van der Waals surface area (Å²) in [4.78, 5) is 26.9. The van der Waals surface area contributed by atoms with Gasteiger partial charge < -0.3 is 10.2 Å². The van der Waals surface area contributed by atoms with Crippen molar-refractivity contribution in [3.05, 3.63) is 53.8 Å². The third-order valence-electron chi connectivity index (χ3n) is 3.77. The normalized spacial score (nSPS) is 13.6. The third-order valence-corrected chi connectivity index (χ3v) is 4.82. The van der Waals surface area contributed by atoms with E-state index in [0.717, 1.165) is 16.1 Å². The van der Waals surface area contributed by atoms with Crippen molar-refractivity contribution in [3.63, 3.8) is 0 Å². The molecule has 0 atom stereocenters. The van der Waals surface area contributed by atoms with Crippen LogP contribution in [0.4, 0.5) is 15.8 Å². The summed E-state index contributed by atoms with van der Waals surface area (Å²) in [7, 11) is 0. The molecule has 3 rings (SSSR count). The zero-order valence-corrected chi connectivity index (χ0v) is 14.0. The molecule has 2 aromatic rings. The first-order valence-electron chi connectivity index (χ1n) is 7.63. The van der Waals surface area contributed by atoms with Crippen molar-refractivity contribution in [3.8, 4) is 0 Å². The van der Waals surface area contributed by atoms with Crippen molar-refractivity contribution < 1.29 is 14.0 Å². The standard InChI is InChI=1S/C18H17FN2O2S/c1-12-6-7-14(13(19)10-12)20-17(22)8-9-21-15-4-2-3-5-16(15)24-11-18(21)23/h2-7,10H,8-9,11H2,1H3,(H,20,22). The van der Waals surface area contributed by atoms with E-state index in [1.807, 2.05) is 24.3 Å². The average Bonchev–Trinajstić information content (AvgIpc) is 2.56. The topological polar surface area (TPSA) is 49.4 Å². The Morgan fingerprint density at radius 3 is 2.88 bits per heavy atom. The van der Waals surface area contributed by atoms with Gasteiger partial charge in [-0.3, -0.25) is 9.59 Å². The maximum Gasteiger partial charge on any atom is 0.237 e. The first-order valence-corrected chi connectivity index (χ1v) is 8.61. The Bertz CT molecular complexity index is 794. The van der Waals surface area contributed by atoms with Crippen LogP contribution in [0, 0.1) is 12.7 Å². The van der Waals surface area contributed by atoms with E-state index in [-0.39, 0.29) is 30.5 Å². The van der Waals surface area contributed by atoms with Crippen molar-refractivity contribution in [2.24, 2.45) is 0 Å². The highest BCUT2D eigenvalue weighted by atomic mass is 32.2. The molecule has 0 saturated heterocycles. The minimum atomic E-state index is -0.459. The van der Waals surface area contributed by atoms with Crippen LogP contribution in [-0.4, -0.2) is 24.1 Å². The second kappa shape index (κ2) is 7.05. The molecule has 124 valence electrons. The Kier molecular flexibility index (Phi) is 4.85. The first kappa shape index (κ1) is 16.5. The number of thioether (sulfide) groups is 1. The molecule has 1 aliphatic rings. The van der Waals surface area contributed by atoms with Crippen LogP contribution < -0.4 is 10.2 Å². The van der Waals surface area contributed by atoms with E-state index >= 15 is 0 Å². The van der Waals surface area contributed by atoms with Gasteiger partial charge in [-0.2, -0.15) is 0 Å². The quantitative estimate of drug-likeness (QED) is 0.922. The molecule has 0 aliphatic carbocycles. The van der Waals surface area contributed by atoms with Gasteiger partial charge in [0.05, 0.1) is 17.1 Å². The van der Waals surface area contributed by atoms with Crippen LogP contribution in [0.25, 0.3) is 0 Å². The molecular formula is C18H17FN2O2S. The number of carbonyl (C=O) groups is 2. The fraction of sp³-hybridized carbons (Fsp3) is 0.222. The SMILES string of the molecule is Cc1ccc(NC(=O)CCN2C(=O)CSc3ccccc32)c(F)c1. The van der Waals surface area contributed by atoms with E-state index in [9.17, 15) is 14.0 Å². The second-order valence-corrected chi connectivity index (χ2v) is 6.60. The summed E-state index contributed by atoms with van der Waals surface area (Å²) < 4.78 is 13.8. The van der Waals surface area contributed by atoms with Crippen molar-refractivity contribution >= 4 is 35.0 Å². The lowest BCUT2D eigenvalue weighted by molar-refractivity contribution is -0.117. The number of hydrogen-bond donors (Lipinski definition) is 1. The number of para-hydroxylation sites is 1. The molecule has 4 nitrogen and oxygen atoms in total. The summed E-state index contributed by atoms with van der Waals surface area (Å²) >= 11 is 1.50. The Morgan fingerprint density at radius 1 is 1.29 bits per heavy atom. The molecule has 0 aromatic heterocycles. The molecule has 0 fully saturated rings. The van der Waals surface area contributed by atoms with E-state index in [1.54, 1.807) is 24.0 Å². The van der Waals surface area contributed by atoms with Crippen molar-refractivity contribution in [2.75, 3.05) is 22.5 Å². The first-order chi connectivity index (χ1) is 11.5. The zero-order chi connectivity index (χ0) is 17.1. The molecule has 1 aliphatic heterocycles. The number of nitrogens with one attached hydrogen (secondary N) is 1. The van der Waals surface area contributed by atoms with Crippen molar-refractivity contribution in [2.45, 2.75) is 18.2 Å². The third kappa shape index (κ3) is 3.59. The predicted octanol–water partition coefficient (Wildman–Crippen LogP) is 3.60. The lowest BCUT2D eigenvalue weighted by Crippen LogP contribution is -2.37. The Morgan fingerprint density at radius 2 is 2.08 bits per heavy atom. The molecule has 0 unspecified atom stereocenters. The van der Waals surface area contributed by atoms with Crippen LogP contribution in [0.5, 0.6) is 0 Å². The zero-order valence-electron chi connectivity index (χ0n) is 13.2. The number of fused-ring (bicyclic) bond motifs is 1. The van der Waals surface area contributed by atoms with Gasteiger partial charge in [-0.1, -0.05) is 18.2 Å². The number of carbonyl (C=O) groups excluding carboxylic acids is 2. The van der Waals surface area contributed by atoms with Gasteiger partial charge >= 0.3 is 0 Å². The summed E-state index contributed by atoms with van der Waals surface area (Å²) in [6.07, 6.45) is 0.109. The molecule has 0 spiro atoms. The average molecular weight is 344 g/mol. The molecule has 0 bridgehead atoms. The Labute approximate surface area is 144 Å². The molecule has 0 saturated carbocycles. The molecule has 1 heterocycles. The van der Waals surface area contributed by atoms with Gasteiger partial charge in [0, 0.05) is 17.9 Å². The maximum atomic E-state index is 13.8. The molecule has 0 radical (unpaired) electrons. The van der Waals surface area contributed by atoms with E-state index in [0.29, 0.717) is 5.75 Å². The Hall–Kier alpha value is -2.34. The lowest BCUT2D eigenvalue weighted by Gasteiger charge is -2.28. The Balaban J connectivity index is 1.65. The van der Waals surface area contributed by atoms with Crippen LogP contribution in [0.2, 0.25) is 0 Å². The largest absolute Gasteiger partial charge is 0.324 e. The van der Waals surface area contributed by atoms with Gasteiger partial charge in [0.2, 0.25) is 11.8 Å². The number of halogens is 1. The molecule has 2 amide bonds. The molecule has 2 aromatic carbocycles. The highest BCUT2D eigenvalue weighted by molar-refractivity contribution is 8.00. The lowest BCUT2D eigenvalue weighted by atomic mass is 10.2. The highest BCUT2D eigenvalue weighted by Crippen LogP contribution is 2.34. The maximum absolute atomic E-state index is 13.8. The van der Waals surface area contributed by atoms with Gasteiger partial charge in [-0.05, 0) is 36.8 Å². The summed E-state index contributed by atoms with van der Waals surface area (Å²) in [6.45, 7) is 2.06. The summed E-state index contributed by atoms with van der Waals surface area (Å²) in [5.74, 6) is -0.431. The van der Waals surface area contributed by atoms with Gasteiger partial charge in [0.1, 0.15) is 5.82 Å². The summed E-state index contributed by atoms with van der Waals surface area (Å²) in [5.41, 5.74) is 1.78. The number of aryl methyl sites for hydroxylation is 1. The van der Waals surface area contributed by atoms with Crippen molar-refractivity contribution in [1.82, 2.24) is 0 Å². The summed E-state index contributed by atoms with van der Waals surface area (Å²) in [6, 6.07) is 12.3. The minimum absolute atomic E-state index is 0.0204. The van der Waals surface area contributed by atoms with Crippen LogP contribution >= 0.6 is 11.8 Å². The van der Waals surface area contributed by atoms with Gasteiger partial charge in [0.15, 0.2) is 0 Å². The number of amides is 2. The van der Waals surface area contributed by atoms with E-state index in [1.165, 1.54) is 17.8 Å². The van der Waals surface area contributed by atoms with E-state index in [2.05, 4.69) is 5.32 Å². The number of benzene rings is 2.